The molecule has 4 aromatic heterocycles. The van der Waals surface area contributed by atoms with Crippen LogP contribution >= 0.6 is 22.7 Å². The highest BCUT2D eigenvalue weighted by molar-refractivity contribution is 7.17. The van der Waals surface area contributed by atoms with E-state index in [4.69, 9.17) is 0 Å². The third-order valence-electron chi connectivity index (χ3n) is 2.69. The van der Waals surface area contributed by atoms with E-state index >= 15 is 0 Å². The number of fused-ring (bicyclic) bond motifs is 2. The summed E-state index contributed by atoms with van der Waals surface area (Å²) in [7, 11) is 0. The first-order valence-corrected chi connectivity index (χ1v) is 6.93. The van der Waals surface area contributed by atoms with Crippen LogP contribution in [0.4, 0.5) is 0 Å². The van der Waals surface area contributed by atoms with Crippen molar-refractivity contribution in [2.45, 2.75) is 0 Å². The normalized spacial score (nSPS) is 11.3. The molecule has 0 aliphatic rings. The maximum atomic E-state index is 4.47. The lowest BCUT2D eigenvalue weighted by atomic mass is 10.1. The lowest BCUT2D eigenvalue weighted by Gasteiger charge is -2.02. The molecule has 18 heavy (non-hydrogen) atoms. The summed E-state index contributed by atoms with van der Waals surface area (Å²) in [5.41, 5.74) is 8.45. The standard InChI is InChI=1S/C12H5N4S2/c1-3-14-12-10(16-6-18-12)7(1)9-11-8(2-4-13-9)15-5-17-11/h1-5H. The number of hydrogen-bond donors (Lipinski definition) is 0. The van der Waals surface area contributed by atoms with Crippen LogP contribution in [0.25, 0.3) is 31.8 Å². The molecule has 0 saturated heterocycles. The SMILES string of the molecule is [c]1nc2c(-c3nccc4ncsc34)ccnc2s1. The van der Waals surface area contributed by atoms with Crippen LogP contribution in [0.2, 0.25) is 0 Å². The van der Waals surface area contributed by atoms with Gasteiger partial charge in [-0.3, -0.25) is 4.98 Å². The van der Waals surface area contributed by atoms with Gasteiger partial charge in [0.1, 0.15) is 10.3 Å². The van der Waals surface area contributed by atoms with Crippen LogP contribution < -0.4 is 0 Å². The molecule has 4 rings (SSSR count). The van der Waals surface area contributed by atoms with Gasteiger partial charge in [0.2, 0.25) is 0 Å². The fraction of sp³-hybridized carbons (Fsp3) is 0. The summed E-state index contributed by atoms with van der Waals surface area (Å²) in [5, 5.41) is 0. The molecule has 6 heteroatoms. The third-order valence-corrected chi connectivity index (χ3v) is 4.22. The summed E-state index contributed by atoms with van der Waals surface area (Å²) in [4.78, 5) is 18.2. The summed E-state index contributed by atoms with van der Waals surface area (Å²) in [6.45, 7) is 0. The molecule has 85 valence electrons. The second kappa shape index (κ2) is 3.79. The lowest BCUT2D eigenvalue weighted by Crippen LogP contribution is -1.86. The Morgan fingerprint density at radius 2 is 2.00 bits per heavy atom. The average Bonchev–Trinajstić information content (AvgIpc) is 3.06. The van der Waals surface area contributed by atoms with Crippen LogP contribution in [0.5, 0.6) is 0 Å². The van der Waals surface area contributed by atoms with Gasteiger partial charge in [0.25, 0.3) is 0 Å². The van der Waals surface area contributed by atoms with Crippen molar-refractivity contribution in [3.63, 3.8) is 0 Å². The topological polar surface area (TPSA) is 51.6 Å². The Hall–Kier alpha value is -1.92. The lowest BCUT2D eigenvalue weighted by molar-refractivity contribution is 1.33. The van der Waals surface area contributed by atoms with Crippen molar-refractivity contribution < 1.29 is 0 Å². The Bertz CT molecular complexity index is 777. The molecule has 0 aliphatic heterocycles. The molecular formula is C12H5N4S2. The minimum atomic E-state index is 0.857. The molecule has 0 atom stereocenters. The van der Waals surface area contributed by atoms with Crippen molar-refractivity contribution >= 4 is 43.2 Å². The number of aromatic nitrogens is 4. The molecule has 4 aromatic rings. The zero-order valence-corrected chi connectivity index (χ0v) is 10.6. The number of nitrogens with zero attached hydrogens (tertiary/aromatic N) is 4. The minimum Gasteiger partial charge on any atom is -0.255 e. The fourth-order valence-corrected chi connectivity index (χ4v) is 3.28. The summed E-state index contributed by atoms with van der Waals surface area (Å²) in [5.74, 6) is 0. The predicted octanol–water partition coefficient (Wildman–Crippen LogP) is 3.16. The quantitative estimate of drug-likeness (QED) is 0.532. The van der Waals surface area contributed by atoms with Crippen molar-refractivity contribution in [3.05, 3.63) is 35.5 Å². The molecule has 4 heterocycles. The van der Waals surface area contributed by atoms with E-state index in [1.54, 1.807) is 23.7 Å². The molecule has 0 amide bonds. The second-order valence-corrected chi connectivity index (χ2v) is 5.31. The van der Waals surface area contributed by atoms with Crippen molar-refractivity contribution in [1.29, 1.82) is 0 Å². The van der Waals surface area contributed by atoms with Gasteiger partial charge in [-0.15, -0.1) is 11.3 Å². The molecule has 0 N–H and O–H groups in total. The Balaban J connectivity index is 2.13. The van der Waals surface area contributed by atoms with Gasteiger partial charge >= 0.3 is 0 Å². The smallest absolute Gasteiger partial charge is 0.155 e. The van der Waals surface area contributed by atoms with Gasteiger partial charge in [-0.1, -0.05) is 11.3 Å². The maximum absolute atomic E-state index is 4.47. The van der Waals surface area contributed by atoms with Gasteiger partial charge in [0.15, 0.2) is 5.51 Å². The third kappa shape index (κ3) is 1.36. The Morgan fingerprint density at radius 3 is 3.00 bits per heavy atom. The molecule has 0 aromatic carbocycles. The highest BCUT2D eigenvalue weighted by Crippen LogP contribution is 2.33. The van der Waals surface area contributed by atoms with Gasteiger partial charge in [-0.25, -0.2) is 15.0 Å². The van der Waals surface area contributed by atoms with Crippen molar-refractivity contribution in [3.8, 4) is 11.3 Å². The van der Waals surface area contributed by atoms with E-state index in [1.807, 2.05) is 17.6 Å². The van der Waals surface area contributed by atoms with Crippen LogP contribution in [0.3, 0.4) is 0 Å². The zero-order valence-electron chi connectivity index (χ0n) is 8.99. The molecule has 0 unspecified atom stereocenters. The summed E-state index contributed by atoms with van der Waals surface area (Å²) in [6, 6.07) is 3.86. The molecule has 0 aliphatic carbocycles. The van der Waals surface area contributed by atoms with Gasteiger partial charge in [-0.2, -0.15) is 0 Å². The summed E-state index contributed by atoms with van der Waals surface area (Å²) in [6.07, 6.45) is 3.56. The van der Waals surface area contributed by atoms with Crippen LogP contribution in [0.1, 0.15) is 0 Å². The van der Waals surface area contributed by atoms with Gasteiger partial charge in [0, 0.05) is 18.0 Å². The number of pyridine rings is 2. The van der Waals surface area contributed by atoms with E-state index < -0.39 is 0 Å². The largest absolute Gasteiger partial charge is 0.255 e. The molecule has 4 nitrogen and oxygen atoms in total. The Morgan fingerprint density at radius 1 is 1.06 bits per heavy atom. The van der Waals surface area contributed by atoms with Gasteiger partial charge < -0.3 is 0 Å². The highest BCUT2D eigenvalue weighted by atomic mass is 32.1. The van der Waals surface area contributed by atoms with E-state index in [0.717, 1.165) is 31.8 Å². The second-order valence-electron chi connectivity index (χ2n) is 3.68. The fourth-order valence-electron chi connectivity index (χ4n) is 1.90. The highest BCUT2D eigenvalue weighted by Gasteiger charge is 2.12. The number of hydrogen-bond acceptors (Lipinski definition) is 6. The molecule has 0 fully saturated rings. The first-order valence-electron chi connectivity index (χ1n) is 5.23. The van der Waals surface area contributed by atoms with E-state index in [1.165, 1.54) is 11.3 Å². The number of rotatable bonds is 1. The summed E-state index contributed by atoms with van der Waals surface area (Å²) < 4.78 is 1.08. The van der Waals surface area contributed by atoms with E-state index in [2.05, 4.69) is 25.4 Å². The molecule has 0 spiro atoms. The first-order chi connectivity index (χ1) is 8.93. The summed E-state index contributed by atoms with van der Waals surface area (Å²) >= 11 is 3.01. The molecule has 0 bridgehead atoms. The maximum Gasteiger partial charge on any atom is 0.155 e. The van der Waals surface area contributed by atoms with E-state index in [9.17, 15) is 0 Å². The minimum absolute atomic E-state index is 0.857. The first kappa shape index (κ1) is 10.0. The van der Waals surface area contributed by atoms with Crippen LogP contribution in [-0.4, -0.2) is 19.9 Å². The van der Waals surface area contributed by atoms with E-state index in [0.29, 0.717) is 0 Å². The predicted molar refractivity (Wildman–Crippen MR) is 72.7 cm³/mol. The van der Waals surface area contributed by atoms with Gasteiger partial charge in [0.05, 0.1) is 21.4 Å². The van der Waals surface area contributed by atoms with Crippen molar-refractivity contribution in [2.24, 2.45) is 0 Å². The van der Waals surface area contributed by atoms with Gasteiger partial charge in [-0.05, 0) is 12.1 Å². The van der Waals surface area contributed by atoms with Crippen LogP contribution in [0, 0.1) is 5.51 Å². The number of thiazole rings is 2. The monoisotopic (exact) mass is 269 g/mol. The average molecular weight is 269 g/mol. The Kier molecular flexibility index (Phi) is 2.12. The van der Waals surface area contributed by atoms with Crippen molar-refractivity contribution in [1.82, 2.24) is 19.9 Å². The Labute approximate surface area is 110 Å². The molecule has 1 radical (unpaired) electrons. The van der Waals surface area contributed by atoms with Crippen LogP contribution in [0.15, 0.2) is 30.0 Å². The van der Waals surface area contributed by atoms with Crippen LogP contribution in [-0.2, 0) is 0 Å². The van der Waals surface area contributed by atoms with E-state index in [-0.39, 0.29) is 0 Å². The molecule has 0 saturated carbocycles. The molecular weight excluding hydrogens is 264 g/mol. The zero-order chi connectivity index (χ0) is 11.9. The van der Waals surface area contributed by atoms with Crippen molar-refractivity contribution in [2.75, 3.05) is 0 Å².